The first-order valence-corrected chi connectivity index (χ1v) is 8.13. The Morgan fingerprint density at radius 2 is 1.76 bits per heavy atom. The molecule has 0 spiro atoms. The van der Waals surface area contributed by atoms with Crippen LogP contribution in [0, 0.1) is 0 Å². The van der Waals surface area contributed by atoms with E-state index < -0.39 is 5.97 Å². The summed E-state index contributed by atoms with van der Waals surface area (Å²) in [5, 5.41) is 9.52. The van der Waals surface area contributed by atoms with Crippen LogP contribution in [-0.4, -0.2) is 70.2 Å². The first-order chi connectivity index (χ1) is 12.1. The molecule has 0 aromatic heterocycles. The Morgan fingerprint density at radius 3 is 2.24 bits per heavy atom. The molecule has 0 radical (unpaired) electrons. The molecule has 1 N–H and O–H groups in total. The average molecular weight is 351 g/mol. The van der Waals surface area contributed by atoms with Crippen LogP contribution in [0.1, 0.15) is 12.0 Å². The molecule has 1 heterocycles. The Morgan fingerprint density at radius 1 is 1.16 bits per heavy atom. The molecule has 25 heavy (non-hydrogen) atoms. The molecule has 0 atom stereocenters. The standard InChI is InChI=1S/C18H25NO6/c1-22-15-11-13(12-16(23-2)17(15)24-3)10-14(18(20)21)4-5-19-6-8-25-9-7-19/h10-12H,4-9H2,1-3H3,(H,20,21). The lowest BCUT2D eigenvalue weighted by Crippen LogP contribution is -2.37. The average Bonchev–Trinajstić information content (AvgIpc) is 2.64. The maximum atomic E-state index is 11.6. The highest BCUT2D eigenvalue weighted by Crippen LogP contribution is 2.38. The molecule has 2 rings (SSSR count). The van der Waals surface area contributed by atoms with Crippen molar-refractivity contribution in [3.8, 4) is 17.2 Å². The smallest absolute Gasteiger partial charge is 0.331 e. The molecule has 0 amide bonds. The maximum absolute atomic E-state index is 11.6. The molecule has 138 valence electrons. The molecule has 0 unspecified atom stereocenters. The number of carbonyl (C=O) groups is 1. The molecule has 0 aliphatic carbocycles. The zero-order valence-electron chi connectivity index (χ0n) is 14.9. The third kappa shape index (κ3) is 5.11. The Bertz CT molecular complexity index is 597. The monoisotopic (exact) mass is 351 g/mol. The van der Waals surface area contributed by atoms with Gasteiger partial charge in [0.25, 0.3) is 0 Å². The van der Waals surface area contributed by atoms with Crippen LogP contribution in [0.4, 0.5) is 0 Å². The summed E-state index contributed by atoms with van der Waals surface area (Å²) in [5.74, 6) is 0.534. The fraction of sp³-hybridized carbons (Fsp3) is 0.500. The first-order valence-electron chi connectivity index (χ1n) is 8.13. The molecule has 1 fully saturated rings. The lowest BCUT2D eigenvalue weighted by atomic mass is 10.1. The molecule has 1 saturated heterocycles. The van der Waals surface area contributed by atoms with E-state index >= 15 is 0 Å². The Labute approximate surface area is 147 Å². The van der Waals surface area contributed by atoms with Gasteiger partial charge in [-0.15, -0.1) is 0 Å². The van der Waals surface area contributed by atoms with Gasteiger partial charge in [0.15, 0.2) is 11.5 Å². The zero-order valence-corrected chi connectivity index (χ0v) is 14.9. The number of rotatable bonds is 8. The third-order valence-corrected chi connectivity index (χ3v) is 4.10. The minimum atomic E-state index is -0.929. The van der Waals surface area contributed by atoms with E-state index in [1.54, 1.807) is 18.2 Å². The van der Waals surface area contributed by atoms with Gasteiger partial charge in [-0.3, -0.25) is 4.90 Å². The fourth-order valence-electron chi connectivity index (χ4n) is 2.73. The highest BCUT2D eigenvalue weighted by molar-refractivity contribution is 5.92. The summed E-state index contributed by atoms with van der Waals surface area (Å²) in [7, 11) is 4.59. The summed E-state index contributed by atoms with van der Waals surface area (Å²) in [6, 6.07) is 3.47. The molecule has 7 heteroatoms. The molecule has 1 aliphatic heterocycles. The van der Waals surface area contributed by atoms with Crippen molar-refractivity contribution in [3.05, 3.63) is 23.3 Å². The summed E-state index contributed by atoms with van der Waals surface area (Å²) in [5.41, 5.74) is 1.02. The highest BCUT2D eigenvalue weighted by atomic mass is 16.5. The number of aliphatic carboxylic acids is 1. The number of carboxylic acid groups (broad SMARTS) is 1. The SMILES string of the molecule is COc1cc(C=C(CCN2CCOCC2)C(=O)O)cc(OC)c1OC. The number of nitrogens with zero attached hydrogens (tertiary/aromatic N) is 1. The number of hydrogen-bond donors (Lipinski definition) is 1. The second-order valence-electron chi connectivity index (χ2n) is 5.64. The Balaban J connectivity index is 2.22. The van der Waals surface area contributed by atoms with Crippen LogP contribution >= 0.6 is 0 Å². The van der Waals surface area contributed by atoms with Gasteiger partial charge in [-0.1, -0.05) is 0 Å². The second kappa shape index (κ2) is 9.29. The van der Waals surface area contributed by atoms with Gasteiger partial charge in [-0.25, -0.2) is 4.79 Å². The van der Waals surface area contributed by atoms with E-state index in [1.165, 1.54) is 21.3 Å². The van der Waals surface area contributed by atoms with Crippen molar-refractivity contribution in [3.63, 3.8) is 0 Å². The third-order valence-electron chi connectivity index (χ3n) is 4.10. The number of morpholine rings is 1. The predicted octanol–water partition coefficient (Wildman–Crippen LogP) is 1.90. The van der Waals surface area contributed by atoms with Gasteiger partial charge in [0.1, 0.15) is 0 Å². The van der Waals surface area contributed by atoms with E-state index in [9.17, 15) is 9.90 Å². The number of hydrogen-bond acceptors (Lipinski definition) is 6. The van der Waals surface area contributed by atoms with Gasteiger partial charge in [-0.05, 0) is 30.2 Å². The summed E-state index contributed by atoms with van der Waals surface area (Å²) < 4.78 is 21.2. The first kappa shape index (κ1) is 19.1. The number of benzene rings is 1. The topological polar surface area (TPSA) is 77.5 Å². The maximum Gasteiger partial charge on any atom is 0.331 e. The Hall–Kier alpha value is -2.25. The predicted molar refractivity (Wildman–Crippen MR) is 93.6 cm³/mol. The van der Waals surface area contributed by atoms with Gasteiger partial charge in [0.05, 0.1) is 34.5 Å². The van der Waals surface area contributed by atoms with Crippen molar-refractivity contribution in [1.82, 2.24) is 4.90 Å². The van der Waals surface area contributed by atoms with Gasteiger partial charge >= 0.3 is 5.97 Å². The normalized spacial score (nSPS) is 15.7. The van der Waals surface area contributed by atoms with Crippen molar-refractivity contribution in [2.45, 2.75) is 6.42 Å². The van der Waals surface area contributed by atoms with Crippen molar-refractivity contribution in [2.75, 3.05) is 54.2 Å². The quantitative estimate of drug-likeness (QED) is 0.717. The van der Waals surface area contributed by atoms with Crippen LogP contribution in [-0.2, 0) is 9.53 Å². The zero-order chi connectivity index (χ0) is 18.2. The van der Waals surface area contributed by atoms with Crippen LogP contribution in [0.3, 0.4) is 0 Å². The van der Waals surface area contributed by atoms with E-state index in [1.807, 2.05) is 0 Å². The van der Waals surface area contributed by atoms with Gasteiger partial charge in [0.2, 0.25) is 5.75 Å². The minimum Gasteiger partial charge on any atom is -0.493 e. The minimum absolute atomic E-state index is 0.334. The largest absolute Gasteiger partial charge is 0.493 e. The van der Waals surface area contributed by atoms with E-state index in [2.05, 4.69) is 4.90 Å². The summed E-state index contributed by atoms with van der Waals surface area (Å²) in [4.78, 5) is 13.8. The number of methoxy groups -OCH3 is 3. The van der Waals surface area contributed by atoms with E-state index in [-0.39, 0.29) is 0 Å². The van der Waals surface area contributed by atoms with E-state index in [4.69, 9.17) is 18.9 Å². The van der Waals surface area contributed by atoms with Gasteiger partial charge < -0.3 is 24.1 Å². The van der Waals surface area contributed by atoms with Crippen molar-refractivity contribution in [2.24, 2.45) is 0 Å². The van der Waals surface area contributed by atoms with Gasteiger partial charge in [-0.2, -0.15) is 0 Å². The lowest BCUT2D eigenvalue weighted by Gasteiger charge is -2.26. The van der Waals surface area contributed by atoms with Crippen LogP contribution in [0.2, 0.25) is 0 Å². The summed E-state index contributed by atoms with van der Waals surface area (Å²) in [6.07, 6.45) is 2.10. The molecular formula is C18H25NO6. The van der Waals surface area contributed by atoms with Crippen LogP contribution in [0.15, 0.2) is 17.7 Å². The summed E-state index contributed by atoms with van der Waals surface area (Å²) in [6.45, 7) is 3.73. The molecule has 1 aromatic rings. The molecule has 1 aliphatic rings. The molecule has 7 nitrogen and oxygen atoms in total. The molecule has 0 saturated carbocycles. The highest BCUT2D eigenvalue weighted by Gasteiger charge is 2.16. The van der Waals surface area contributed by atoms with Crippen LogP contribution in [0.25, 0.3) is 6.08 Å². The Kier molecular flexibility index (Phi) is 7.09. The van der Waals surface area contributed by atoms with Crippen LogP contribution < -0.4 is 14.2 Å². The van der Waals surface area contributed by atoms with Crippen molar-refractivity contribution >= 4 is 12.0 Å². The molecule has 1 aromatic carbocycles. The van der Waals surface area contributed by atoms with E-state index in [0.29, 0.717) is 54.6 Å². The second-order valence-corrected chi connectivity index (χ2v) is 5.64. The van der Waals surface area contributed by atoms with Crippen LogP contribution in [0.5, 0.6) is 17.2 Å². The van der Waals surface area contributed by atoms with E-state index in [0.717, 1.165) is 13.1 Å². The number of carboxylic acids is 1. The molecular weight excluding hydrogens is 326 g/mol. The fourth-order valence-corrected chi connectivity index (χ4v) is 2.73. The van der Waals surface area contributed by atoms with Crippen molar-refractivity contribution < 1.29 is 28.8 Å². The lowest BCUT2D eigenvalue weighted by molar-refractivity contribution is -0.132. The number of ether oxygens (including phenoxy) is 4. The van der Waals surface area contributed by atoms with Gasteiger partial charge in [0, 0.05) is 25.2 Å². The molecule has 0 bridgehead atoms. The van der Waals surface area contributed by atoms with Crippen molar-refractivity contribution in [1.29, 1.82) is 0 Å². The summed E-state index contributed by atoms with van der Waals surface area (Å²) >= 11 is 0.